The molecular formula is C29H50. The summed E-state index contributed by atoms with van der Waals surface area (Å²) in [6.07, 6.45) is 29.9. The van der Waals surface area contributed by atoms with Crippen molar-refractivity contribution >= 4 is 0 Å². The second kappa shape index (κ2) is 8.50. The zero-order valence-corrected chi connectivity index (χ0v) is 19.9. The molecule has 0 radical (unpaired) electrons. The monoisotopic (exact) mass is 398 g/mol. The van der Waals surface area contributed by atoms with E-state index < -0.39 is 0 Å². The first-order valence-electron chi connectivity index (χ1n) is 14.1. The van der Waals surface area contributed by atoms with Crippen LogP contribution in [0.4, 0.5) is 0 Å². The van der Waals surface area contributed by atoms with Crippen LogP contribution in [0.5, 0.6) is 0 Å². The Labute approximate surface area is 182 Å². The van der Waals surface area contributed by atoms with Crippen LogP contribution >= 0.6 is 0 Å². The molecule has 29 heavy (non-hydrogen) atoms. The van der Waals surface area contributed by atoms with Gasteiger partial charge in [0.1, 0.15) is 0 Å². The molecule has 5 fully saturated rings. The second-order valence-electron chi connectivity index (χ2n) is 13.2. The Morgan fingerprint density at radius 3 is 1.31 bits per heavy atom. The van der Waals surface area contributed by atoms with E-state index in [9.17, 15) is 0 Å². The third kappa shape index (κ3) is 4.35. The molecule has 0 atom stereocenters. The summed E-state index contributed by atoms with van der Waals surface area (Å²) in [5.41, 5.74) is 1.65. The van der Waals surface area contributed by atoms with Crippen LogP contribution in [0.3, 0.4) is 0 Å². The van der Waals surface area contributed by atoms with Crippen LogP contribution in [0.25, 0.3) is 0 Å². The summed E-state index contributed by atoms with van der Waals surface area (Å²) in [5, 5.41) is 0. The van der Waals surface area contributed by atoms with Gasteiger partial charge in [0.25, 0.3) is 0 Å². The van der Waals surface area contributed by atoms with E-state index in [-0.39, 0.29) is 0 Å². The standard InChI is InChI=1S/C29H50/c1-3-23-6-10-25(11-7-23)27-14-18-29(19-15-27)20-28(21-29)16-12-26(13-17-28)24-8-4-22(2)5-9-24/h22-27H,3-21H2,1-2H3. The predicted octanol–water partition coefficient (Wildman–Crippen LogP) is 9.18. The molecule has 5 aliphatic carbocycles. The molecule has 2 spiro atoms. The molecule has 0 aromatic heterocycles. The highest BCUT2D eigenvalue weighted by molar-refractivity contribution is 5.07. The molecular weight excluding hydrogens is 348 g/mol. The van der Waals surface area contributed by atoms with E-state index in [0.29, 0.717) is 0 Å². The fourth-order valence-electron chi connectivity index (χ4n) is 9.52. The van der Waals surface area contributed by atoms with E-state index in [4.69, 9.17) is 0 Å². The van der Waals surface area contributed by atoms with Crippen LogP contribution in [-0.2, 0) is 0 Å². The third-order valence-electron chi connectivity index (χ3n) is 11.5. The molecule has 0 heteroatoms. The lowest BCUT2D eigenvalue weighted by Gasteiger charge is -2.62. The van der Waals surface area contributed by atoms with Gasteiger partial charge in [0.2, 0.25) is 0 Å². The predicted molar refractivity (Wildman–Crippen MR) is 125 cm³/mol. The van der Waals surface area contributed by atoms with Gasteiger partial charge in [-0.05, 0) is 136 Å². The van der Waals surface area contributed by atoms with E-state index in [2.05, 4.69) is 13.8 Å². The van der Waals surface area contributed by atoms with Crippen LogP contribution in [0.2, 0.25) is 0 Å². The lowest BCUT2D eigenvalue weighted by Crippen LogP contribution is -2.50. The van der Waals surface area contributed by atoms with E-state index in [1.54, 1.807) is 103 Å². The second-order valence-corrected chi connectivity index (χ2v) is 13.2. The van der Waals surface area contributed by atoms with Crippen LogP contribution in [0, 0.1) is 46.3 Å². The molecule has 0 heterocycles. The molecule has 0 unspecified atom stereocenters. The van der Waals surface area contributed by atoms with E-state index in [1.807, 2.05) is 0 Å². The quantitative estimate of drug-likeness (QED) is 0.444. The molecule has 0 nitrogen and oxygen atoms in total. The highest BCUT2D eigenvalue weighted by atomic mass is 14.6. The maximum Gasteiger partial charge on any atom is -0.0287 e. The Bertz CT molecular complexity index is 504. The minimum Gasteiger partial charge on any atom is -0.0651 e. The third-order valence-corrected chi connectivity index (χ3v) is 11.5. The summed E-state index contributed by atoms with van der Waals surface area (Å²) in [5.74, 6) is 6.52. The summed E-state index contributed by atoms with van der Waals surface area (Å²) in [6, 6.07) is 0. The molecule has 5 rings (SSSR count). The van der Waals surface area contributed by atoms with Gasteiger partial charge >= 0.3 is 0 Å². The first-order valence-corrected chi connectivity index (χ1v) is 14.1. The maximum atomic E-state index is 2.48. The van der Waals surface area contributed by atoms with Gasteiger partial charge in [-0.1, -0.05) is 46.0 Å². The first-order chi connectivity index (χ1) is 14.1. The molecule has 0 saturated heterocycles. The van der Waals surface area contributed by atoms with Crippen molar-refractivity contribution < 1.29 is 0 Å². The van der Waals surface area contributed by atoms with E-state index >= 15 is 0 Å². The molecule has 0 bridgehead atoms. The van der Waals surface area contributed by atoms with E-state index in [0.717, 1.165) is 46.3 Å². The normalized spacial score (nSPS) is 51.1. The van der Waals surface area contributed by atoms with Gasteiger partial charge in [-0.2, -0.15) is 0 Å². The minimum absolute atomic E-state index is 0.824. The molecule has 0 N–H and O–H groups in total. The molecule has 0 aromatic carbocycles. The van der Waals surface area contributed by atoms with Gasteiger partial charge < -0.3 is 0 Å². The topological polar surface area (TPSA) is 0 Å². The largest absolute Gasteiger partial charge is 0.0651 e. The Kier molecular flexibility index (Phi) is 6.12. The maximum absolute atomic E-state index is 2.48. The first kappa shape index (κ1) is 20.9. The summed E-state index contributed by atoms with van der Waals surface area (Å²) in [7, 11) is 0. The van der Waals surface area contributed by atoms with Crippen LogP contribution in [0.1, 0.15) is 136 Å². The Hall–Kier alpha value is 0. The Morgan fingerprint density at radius 1 is 0.517 bits per heavy atom. The molecule has 5 saturated carbocycles. The summed E-state index contributed by atoms with van der Waals surface area (Å²) in [6.45, 7) is 4.88. The average Bonchev–Trinajstić information content (AvgIpc) is 2.75. The van der Waals surface area contributed by atoms with E-state index in [1.165, 1.54) is 19.3 Å². The molecule has 0 amide bonds. The molecule has 0 aromatic rings. The number of rotatable bonds is 3. The van der Waals surface area contributed by atoms with Crippen molar-refractivity contribution in [2.75, 3.05) is 0 Å². The van der Waals surface area contributed by atoms with Gasteiger partial charge in [0.05, 0.1) is 0 Å². The fraction of sp³-hybridized carbons (Fsp3) is 1.00. The van der Waals surface area contributed by atoms with Crippen molar-refractivity contribution in [3.63, 3.8) is 0 Å². The van der Waals surface area contributed by atoms with Gasteiger partial charge in [0, 0.05) is 0 Å². The lowest BCUT2D eigenvalue weighted by molar-refractivity contribution is -0.109. The average molecular weight is 399 g/mol. The van der Waals surface area contributed by atoms with Gasteiger partial charge in [-0.3, -0.25) is 0 Å². The smallest absolute Gasteiger partial charge is 0.0287 e. The van der Waals surface area contributed by atoms with Crippen LogP contribution < -0.4 is 0 Å². The summed E-state index contributed by atoms with van der Waals surface area (Å²) in [4.78, 5) is 0. The molecule has 166 valence electrons. The highest BCUT2D eigenvalue weighted by Crippen LogP contribution is 2.67. The van der Waals surface area contributed by atoms with Gasteiger partial charge in [-0.25, -0.2) is 0 Å². The Balaban J connectivity index is 1.05. The SMILES string of the molecule is CCC1CCC(C2CCC3(CC2)CC2(CCC(C4CCC(C)CC4)CC2)C3)CC1. The molecule has 5 aliphatic rings. The van der Waals surface area contributed by atoms with Crippen molar-refractivity contribution in [1.82, 2.24) is 0 Å². The van der Waals surface area contributed by atoms with Crippen LogP contribution in [-0.4, -0.2) is 0 Å². The zero-order valence-electron chi connectivity index (χ0n) is 19.9. The number of hydrogen-bond donors (Lipinski definition) is 0. The lowest BCUT2D eigenvalue weighted by atomic mass is 9.43. The van der Waals surface area contributed by atoms with Crippen LogP contribution in [0.15, 0.2) is 0 Å². The van der Waals surface area contributed by atoms with Crippen molar-refractivity contribution in [2.45, 2.75) is 136 Å². The van der Waals surface area contributed by atoms with Gasteiger partial charge in [0.15, 0.2) is 0 Å². The number of hydrogen-bond acceptors (Lipinski definition) is 0. The summed E-state index contributed by atoms with van der Waals surface area (Å²) >= 11 is 0. The Morgan fingerprint density at radius 2 is 0.897 bits per heavy atom. The van der Waals surface area contributed by atoms with Gasteiger partial charge in [-0.15, -0.1) is 0 Å². The zero-order chi connectivity index (χ0) is 19.9. The minimum atomic E-state index is 0.824. The van der Waals surface area contributed by atoms with Crippen molar-refractivity contribution in [2.24, 2.45) is 46.3 Å². The summed E-state index contributed by atoms with van der Waals surface area (Å²) < 4.78 is 0. The fourth-order valence-corrected chi connectivity index (χ4v) is 9.52. The van der Waals surface area contributed by atoms with Crippen molar-refractivity contribution in [3.8, 4) is 0 Å². The van der Waals surface area contributed by atoms with Crippen molar-refractivity contribution in [1.29, 1.82) is 0 Å². The van der Waals surface area contributed by atoms with Crippen molar-refractivity contribution in [3.05, 3.63) is 0 Å². The molecule has 0 aliphatic heterocycles. The highest BCUT2D eigenvalue weighted by Gasteiger charge is 2.56.